The Morgan fingerprint density at radius 2 is 2.21 bits per heavy atom. The van der Waals surface area contributed by atoms with E-state index in [1.165, 1.54) is 25.1 Å². The van der Waals surface area contributed by atoms with Gasteiger partial charge in [-0.25, -0.2) is 0 Å². The van der Waals surface area contributed by atoms with E-state index >= 15 is 0 Å². The molecule has 0 aliphatic rings. The van der Waals surface area contributed by atoms with Gasteiger partial charge in [0.2, 0.25) is 11.8 Å². The number of nitrogens with zero attached hydrogens (tertiary/aromatic N) is 1. The molecule has 1 aromatic carbocycles. The molecular weight excluding hydrogens is 286 g/mol. The number of anilines is 1. The topological polar surface area (TPSA) is 82.0 Å². The van der Waals surface area contributed by atoms with E-state index in [-0.39, 0.29) is 16.7 Å². The minimum atomic E-state index is -0.743. The summed E-state index contributed by atoms with van der Waals surface area (Å²) in [7, 11) is 0. The second-order valence-corrected chi connectivity index (χ2v) is 4.50. The van der Waals surface area contributed by atoms with Gasteiger partial charge in [0.15, 0.2) is 0 Å². The lowest BCUT2D eigenvalue weighted by atomic mass is 10.2. The van der Waals surface area contributed by atoms with E-state index in [1.54, 1.807) is 0 Å². The lowest BCUT2D eigenvalue weighted by Crippen LogP contribution is -2.44. The van der Waals surface area contributed by atoms with Crippen LogP contribution in [0.5, 0.6) is 0 Å². The van der Waals surface area contributed by atoms with Crippen LogP contribution in [0.15, 0.2) is 18.2 Å². The highest BCUT2D eigenvalue weighted by Crippen LogP contribution is 2.22. The third-order valence-corrected chi connectivity index (χ3v) is 2.91. The molecular formula is C12H12ClN3O2S. The fourth-order valence-corrected chi connectivity index (χ4v) is 1.83. The Kier molecular flexibility index (Phi) is 5.67. The Morgan fingerprint density at radius 3 is 2.68 bits per heavy atom. The third-order valence-electron chi connectivity index (χ3n) is 2.23. The van der Waals surface area contributed by atoms with Crippen molar-refractivity contribution >= 4 is 41.7 Å². The molecule has 1 unspecified atom stereocenters. The number of amides is 2. The molecule has 100 valence electrons. The summed E-state index contributed by atoms with van der Waals surface area (Å²) in [5.74, 6) is -0.573. The predicted molar refractivity (Wildman–Crippen MR) is 76.3 cm³/mol. The van der Waals surface area contributed by atoms with Gasteiger partial charge in [0.05, 0.1) is 22.3 Å². The van der Waals surface area contributed by atoms with Gasteiger partial charge in [0.25, 0.3) is 0 Å². The number of nitriles is 1. The van der Waals surface area contributed by atoms with Crippen LogP contribution in [0.2, 0.25) is 5.02 Å². The van der Waals surface area contributed by atoms with Crippen LogP contribution in [0, 0.1) is 11.3 Å². The van der Waals surface area contributed by atoms with Crippen LogP contribution in [-0.2, 0) is 9.59 Å². The number of carbonyl (C=O) groups is 2. The molecule has 1 aromatic rings. The number of benzene rings is 1. The number of hydrogen-bond acceptors (Lipinski definition) is 4. The summed E-state index contributed by atoms with van der Waals surface area (Å²) in [6.07, 6.45) is 0. The maximum Gasteiger partial charge on any atom is 0.247 e. The van der Waals surface area contributed by atoms with Crippen LogP contribution in [-0.4, -0.2) is 23.6 Å². The first-order valence-corrected chi connectivity index (χ1v) is 6.37. The Morgan fingerprint density at radius 1 is 1.53 bits per heavy atom. The zero-order chi connectivity index (χ0) is 14.4. The first-order chi connectivity index (χ1) is 8.97. The molecule has 2 N–H and O–H groups in total. The van der Waals surface area contributed by atoms with Crippen LogP contribution in [0.3, 0.4) is 0 Å². The Labute approximate surface area is 121 Å². The van der Waals surface area contributed by atoms with Crippen molar-refractivity contribution in [3.05, 3.63) is 28.8 Å². The van der Waals surface area contributed by atoms with Crippen LogP contribution in [0.1, 0.15) is 12.5 Å². The zero-order valence-electron chi connectivity index (χ0n) is 10.1. The number of thiol groups is 1. The van der Waals surface area contributed by atoms with Gasteiger partial charge in [-0.3, -0.25) is 9.59 Å². The number of rotatable bonds is 4. The number of carbonyl (C=O) groups excluding carboxylic acids is 2. The molecule has 0 spiro atoms. The minimum absolute atomic E-state index is 0.166. The number of nitrogens with one attached hydrogen (secondary N) is 2. The largest absolute Gasteiger partial charge is 0.344 e. The predicted octanol–water partition coefficient (Wildman–Crippen LogP) is 1.58. The highest BCUT2D eigenvalue weighted by molar-refractivity contribution is 7.80. The molecule has 19 heavy (non-hydrogen) atoms. The summed E-state index contributed by atoms with van der Waals surface area (Å²) in [5.41, 5.74) is 0.776. The van der Waals surface area contributed by atoms with Crippen LogP contribution in [0.25, 0.3) is 0 Å². The summed E-state index contributed by atoms with van der Waals surface area (Å²) in [6, 6.07) is 5.72. The van der Waals surface area contributed by atoms with Crippen molar-refractivity contribution in [1.82, 2.24) is 5.32 Å². The maximum atomic E-state index is 11.9. The fourth-order valence-electron chi connectivity index (χ4n) is 1.35. The fraction of sp³-hybridized carbons (Fsp3) is 0.250. The SMILES string of the molecule is CC(=O)NC(CS)C(=O)Nc1ccc(C#N)cc1Cl. The van der Waals surface area contributed by atoms with E-state index in [9.17, 15) is 9.59 Å². The van der Waals surface area contributed by atoms with Gasteiger partial charge in [-0.15, -0.1) is 0 Å². The van der Waals surface area contributed by atoms with Crippen LogP contribution in [0.4, 0.5) is 5.69 Å². The van der Waals surface area contributed by atoms with Crippen molar-refractivity contribution in [3.63, 3.8) is 0 Å². The molecule has 0 aliphatic heterocycles. The molecule has 0 aliphatic carbocycles. The highest BCUT2D eigenvalue weighted by atomic mass is 35.5. The first kappa shape index (κ1) is 15.3. The lowest BCUT2D eigenvalue weighted by Gasteiger charge is -2.15. The smallest absolute Gasteiger partial charge is 0.247 e. The van der Waals surface area contributed by atoms with E-state index in [2.05, 4.69) is 23.3 Å². The van der Waals surface area contributed by atoms with E-state index in [1.807, 2.05) is 6.07 Å². The molecule has 7 heteroatoms. The second-order valence-electron chi connectivity index (χ2n) is 3.73. The van der Waals surface area contributed by atoms with Crippen molar-refractivity contribution in [2.24, 2.45) is 0 Å². The molecule has 1 rings (SSSR count). The normalized spacial score (nSPS) is 11.3. The average molecular weight is 298 g/mol. The maximum absolute atomic E-state index is 11.9. The van der Waals surface area contributed by atoms with Gasteiger partial charge in [0, 0.05) is 12.7 Å². The molecule has 0 aromatic heterocycles. The Bertz CT molecular complexity index is 542. The molecule has 5 nitrogen and oxygen atoms in total. The molecule has 1 atom stereocenters. The standard InChI is InChI=1S/C12H12ClN3O2S/c1-7(17)15-11(6-19)12(18)16-10-3-2-8(5-14)4-9(10)13/h2-4,11,19H,6H2,1H3,(H,15,17)(H,16,18). The van der Waals surface area contributed by atoms with Crippen molar-refractivity contribution in [3.8, 4) is 6.07 Å². The van der Waals surface area contributed by atoms with Crippen molar-refractivity contribution in [1.29, 1.82) is 5.26 Å². The first-order valence-electron chi connectivity index (χ1n) is 5.36. The van der Waals surface area contributed by atoms with E-state index in [0.717, 1.165) is 0 Å². The molecule has 0 fully saturated rings. The van der Waals surface area contributed by atoms with Gasteiger partial charge in [-0.2, -0.15) is 17.9 Å². The number of halogens is 1. The Hall–Kier alpha value is -1.71. The van der Waals surface area contributed by atoms with Crippen molar-refractivity contribution in [2.45, 2.75) is 13.0 Å². The average Bonchev–Trinajstić information content (AvgIpc) is 2.37. The van der Waals surface area contributed by atoms with E-state index < -0.39 is 11.9 Å². The van der Waals surface area contributed by atoms with Gasteiger partial charge in [-0.1, -0.05) is 11.6 Å². The number of hydrogen-bond donors (Lipinski definition) is 3. The highest BCUT2D eigenvalue weighted by Gasteiger charge is 2.18. The summed E-state index contributed by atoms with van der Waals surface area (Å²) < 4.78 is 0. The van der Waals surface area contributed by atoms with Gasteiger partial charge < -0.3 is 10.6 Å². The van der Waals surface area contributed by atoms with Gasteiger partial charge in [0.1, 0.15) is 6.04 Å². The van der Waals surface area contributed by atoms with Crippen molar-refractivity contribution in [2.75, 3.05) is 11.1 Å². The van der Waals surface area contributed by atoms with E-state index in [4.69, 9.17) is 16.9 Å². The molecule has 0 saturated heterocycles. The molecule has 0 radical (unpaired) electrons. The summed E-state index contributed by atoms with van der Waals surface area (Å²) in [5, 5.41) is 14.0. The van der Waals surface area contributed by atoms with Gasteiger partial charge >= 0.3 is 0 Å². The van der Waals surface area contributed by atoms with Crippen LogP contribution >= 0.6 is 24.2 Å². The quantitative estimate of drug-likeness (QED) is 0.738. The summed E-state index contributed by atoms with van der Waals surface area (Å²) in [6.45, 7) is 1.32. The zero-order valence-corrected chi connectivity index (χ0v) is 11.8. The molecule has 2 amide bonds. The summed E-state index contributed by atoms with van der Waals surface area (Å²) in [4.78, 5) is 22.8. The van der Waals surface area contributed by atoms with Crippen LogP contribution < -0.4 is 10.6 Å². The summed E-state index contributed by atoms with van der Waals surface area (Å²) >= 11 is 9.94. The van der Waals surface area contributed by atoms with E-state index in [0.29, 0.717) is 11.3 Å². The lowest BCUT2D eigenvalue weighted by molar-refractivity contribution is -0.124. The van der Waals surface area contributed by atoms with Crippen molar-refractivity contribution < 1.29 is 9.59 Å². The molecule has 0 saturated carbocycles. The molecule has 0 heterocycles. The third kappa shape index (κ3) is 4.47. The van der Waals surface area contributed by atoms with Gasteiger partial charge in [-0.05, 0) is 18.2 Å². The monoisotopic (exact) mass is 297 g/mol. The molecule has 0 bridgehead atoms. The minimum Gasteiger partial charge on any atom is -0.344 e. The second kappa shape index (κ2) is 7.02. The Balaban J connectivity index is 2.81.